The lowest BCUT2D eigenvalue weighted by molar-refractivity contribution is -0.114. The van der Waals surface area contributed by atoms with Gasteiger partial charge in [-0.1, -0.05) is 48.0 Å². The van der Waals surface area contributed by atoms with E-state index in [2.05, 4.69) is 5.32 Å². The highest BCUT2D eigenvalue weighted by molar-refractivity contribution is 7.98. The number of hydrogen-bond donors (Lipinski definition) is 1. The van der Waals surface area contributed by atoms with Gasteiger partial charge in [0.15, 0.2) is 0 Å². The van der Waals surface area contributed by atoms with Crippen LogP contribution in [0.5, 0.6) is 0 Å². The van der Waals surface area contributed by atoms with Crippen molar-refractivity contribution in [1.82, 2.24) is 0 Å². The Balaban J connectivity index is 1.95. The number of carbonyl (C=O) groups excluding carboxylic acids is 1. The van der Waals surface area contributed by atoms with Gasteiger partial charge >= 0.3 is 0 Å². The standard InChI is InChI=1S/C21H19ClN2O3S2/c1-28-20-13-6-5-12-19(20)23-21(25)15-24(17-9-7-8-16(22)14-17)29(26,27)18-10-3-2-4-11-18/h2-14H,15H2,1H3,(H,23,25). The van der Waals surface area contributed by atoms with Gasteiger partial charge in [-0.15, -0.1) is 11.8 Å². The summed E-state index contributed by atoms with van der Waals surface area (Å²) in [5.74, 6) is -0.453. The van der Waals surface area contributed by atoms with Gasteiger partial charge in [-0.25, -0.2) is 8.42 Å². The van der Waals surface area contributed by atoms with Crippen LogP contribution in [0.2, 0.25) is 5.02 Å². The van der Waals surface area contributed by atoms with Gasteiger partial charge in [0.1, 0.15) is 6.54 Å². The van der Waals surface area contributed by atoms with Crippen molar-refractivity contribution in [2.75, 3.05) is 22.4 Å². The fourth-order valence-corrected chi connectivity index (χ4v) is 4.91. The molecule has 29 heavy (non-hydrogen) atoms. The molecule has 0 radical (unpaired) electrons. The van der Waals surface area contributed by atoms with Crippen molar-refractivity contribution in [2.24, 2.45) is 0 Å². The molecule has 1 N–H and O–H groups in total. The first-order valence-electron chi connectivity index (χ1n) is 8.68. The number of sulfonamides is 1. The summed E-state index contributed by atoms with van der Waals surface area (Å²) in [5, 5.41) is 3.18. The smallest absolute Gasteiger partial charge is 0.264 e. The summed E-state index contributed by atoms with van der Waals surface area (Å²) < 4.78 is 27.6. The summed E-state index contributed by atoms with van der Waals surface area (Å²) in [4.78, 5) is 13.8. The Morgan fingerprint density at radius 2 is 1.69 bits per heavy atom. The molecule has 0 spiro atoms. The van der Waals surface area contributed by atoms with Gasteiger partial charge in [-0.2, -0.15) is 0 Å². The SMILES string of the molecule is CSc1ccccc1NC(=O)CN(c1cccc(Cl)c1)S(=O)(=O)c1ccccc1. The molecule has 0 aliphatic heterocycles. The molecule has 0 aliphatic rings. The van der Waals surface area contributed by atoms with Crippen LogP contribution >= 0.6 is 23.4 Å². The van der Waals surface area contributed by atoms with Gasteiger partial charge < -0.3 is 5.32 Å². The van der Waals surface area contributed by atoms with Gasteiger partial charge in [0.25, 0.3) is 10.0 Å². The highest BCUT2D eigenvalue weighted by atomic mass is 35.5. The summed E-state index contributed by atoms with van der Waals surface area (Å²) in [6.45, 7) is -0.389. The van der Waals surface area contributed by atoms with Crippen molar-refractivity contribution in [2.45, 2.75) is 9.79 Å². The van der Waals surface area contributed by atoms with Crippen LogP contribution in [0.1, 0.15) is 0 Å². The predicted molar refractivity (Wildman–Crippen MR) is 119 cm³/mol. The second-order valence-corrected chi connectivity index (χ2v) is 9.20. The average molecular weight is 447 g/mol. The second-order valence-electron chi connectivity index (χ2n) is 6.05. The molecule has 0 heterocycles. The van der Waals surface area contributed by atoms with E-state index in [-0.39, 0.29) is 11.4 Å². The quantitative estimate of drug-likeness (QED) is 0.524. The minimum Gasteiger partial charge on any atom is -0.323 e. The van der Waals surface area contributed by atoms with Crippen molar-refractivity contribution in [3.8, 4) is 0 Å². The minimum absolute atomic E-state index is 0.0947. The van der Waals surface area contributed by atoms with E-state index >= 15 is 0 Å². The lowest BCUT2D eigenvalue weighted by Crippen LogP contribution is -2.38. The highest BCUT2D eigenvalue weighted by Crippen LogP contribution is 2.27. The van der Waals surface area contributed by atoms with E-state index in [1.54, 1.807) is 42.5 Å². The van der Waals surface area contributed by atoms with Crippen LogP contribution in [-0.4, -0.2) is 27.1 Å². The van der Waals surface area contributed by atoms with Gasteiger partial charge in [-0.05, 0) is 48.7 Å². The number of anilines is 2. The van der Waals surface area contributed by atoms with E-state index in [9.17, 15) is 13.2 Å². The Morgan fingerprint density at radius 3 is 2.38 bits per heavy atom. The van der Waals surface area contributed by atoms with Crippen LogP contribution in [0.15, 0.2) is 88.7 Å². The number of nitrogens with one attached hydrogen (secondary N) is 1. The molecule has 3 rings (SSSR count). The molecule has 0 atom stereocenters. The zero-order chi connectivity index (χ0) is 20.9. The Hall–Kier alpha value is -2.48. The lowest BCUT2D eigenvalue weighted by atomic mass is 10.3. The normalized spacial score (nSPS) is 11.1. The predicted octanol–water partition coefficient (Wildman–Crippen LogP) is 4.90. The van der Waals surface area contributed by atoms with Gasteiger partial charge in [0.05, 0.1) is 16.3 Å². The molecule has 8 heteroatoms. The van der Waals surface area contributed by atoms with Crippen LogP contribution in [0.4, 0.5) is 11.4 Å². The van der Waals surface area contributed by atoms with Crippen molar-refractivity contribution < 1.29 is 13.2 Å². The highest BCUT2D eigenvalue weighted by Gasteiger charge is 2.27. The summed E-state index contributed by atoms with van der Waals surface area (Å²) in [7, 11) is -3.97. The van der Waals surface area contributed by atoms with Crippen LogP contribution in [-0.2, 0) is 14.8 Å². The fourth-order valence-electron chi connectivity index (χ4n) is 2.73. The number of para-hydroxylation sites is 1. The maximum absolute atomic E-state index is 13.3. The number of carbonyl (C=O) groups is 1. The molecule has 0 saturated heterocycles. The second kappa shape index (κ2) is 9.35. The third-order valence-electron chi connectivity index (χ3n) is 4.10. The third kappa shape index (κ3) is 5.12. The van der Waals surface area contributed by atoms with E-state index in [4.69, 9.17) is 11.6 Å². The minimum atomic E-state index is -3.97. The maximum atomic E-state index is 13.3. The molecule has 3 aromatic rings. The first kappa shape index (κ1) is 21.2. The van der Waals surface area contributed by atoms with E-state index in [1.165, 1.54) is 30.0 Å². The maximum Gasteiger partial charge on any atom is 0.264 e. The average Bonchev–Trinajstić information content (AvgIpc) is 2.73. The third-order valence-corrected chi connectivity index (χ3v) is 6.91. The van der Waals surface area contributed by atoms with Crippen molar-refractivity contribution >= 4 is 50.7 Å². The number of halogens is 1. The molecule has 0 aromatic heterocycles. The molecule has 3 aromatic carbocycles. The summed E-state index contributed by atoms with van der Waals surface area (Å²) in [6, 6.07) is 21.8. The molecule has 0 bridgehead atoms. The Bertz CT molecular complexity index is 1110. The lowest BCUT2D eigenvalue weighted by Gasteiger charge is -2.24. The van der Waals surface area contributed by atoms with Gasteiger partial charge in [-0.3, -0.25) is 9.10 Å². The molecule has 5 nitrogen and oxygen atoms in total. The van der Waals surface area contributed by atoms with Crippen LogP contribution in [0.25, 0.3) is 0 Å². The molecule has 0 unspecified atom stereocenters. The van der Waals surface area contributed by atoms with Gasteiger partial charge in [0, 0.05) is 9.92 Å². The monoisotopic (exact) mass is 446 g/mol. The number of hydrogen-bond acceptors (Lipinski definition) is 4. The summed E-state index contributed by atoms with van der Waals surface area (Å²) in [6.07, 6.45) is 1.91. The Kier molecular flexibility index (Phi) is 6.84. The summed E-state index contributed by atoms with van der Waals surface area (Å²) >= 11 is 7.56. The number of nitrogens with zero attached hydrogens (tertiary/aromatic N) is 1. The zero-order valence-electron chi connectivity index (χ0n) is 15.6. The van der Waals surface area contributed by atoms with E-state index in [0.29, 0.717) is 16.4 Å². The number of benzene rings is 3. The molecule has 0 aliphatic carbocycles. The molecule has 0 saturated carbocycles. The Labute approximate surface area is 179 Å². The largest absolute Gasteiger partial charge is 0.323 e. The van der Waals surface area contributed by atoms with Crippen molar-refractivity contribution in [3.63, 3.8) is 0 Å². The molecular formula is C21H19ClN2O3S2. The number of amides is 1. The molecule has 1 amide bonds. The molecule has 0 fully saturated rings. The van der Waals surface area contributed by atoms with Crippen molar-refractivity contribution in [3.05, 3.63) is 83.9 Å². The van der Waals surface area contributed by atoms with E-state index in [1.807, 2.05) is 24.5 Å². The zero-order valence-corrected chi connectivity index (χ0v) is 18.0. The molecule has 150 valence electrons. The Morgan fingerprint density at radius 1 is 1.00 bits per heavy atom. The first-order valence-corrected chi connectivity index (χ1v) is 11.7. The fraction of sp³-hybridized carbons (Fsp3) is 0.0952. The van der Waals surface area contributed by atoms with E-state index in [0.717, 1.165) is 9.20 Å². The van der Waals surface area contributed by atoms with E-state index < -0.39 is 15.9 Å². The van der Waals surface area contributed by atoms with Crippen LogP contribution in [0.3, 0.4) is 0 Å². The number of thioether (sulfide) groups is 1. The van der Waals surface area contributed by atoms with Crippen molar-refractivity contribution in [1.29, 1.82) is 0 Å². The van der Waals surface area contributed by atoms with Gasteiger partial charge in [0.2, 0.25) is 5.91 Å². The number of rotatable bonds is 7. The van der Waals surface area contributed by atoms with Crippen LogP contribution in [0, 0.1) is 0 Å². The molecular weight excluding hydrogens is 428 g/mol. The summed E-state index contributed by atoms with van der Waals surface area (Å²) in [5.41, 5.74) is 0.947. The topological polar surface area (TPSA) is 66.5 Å². The van der Waals surface area contributed by atoms with Crippen LogP contribution < -0.4 is 9.62 Å². The first-order chi connectivity index (χ1) is 13.9.